The number of halogens is 3. The number of carbonyl (C=O) groups excluding carboxylic acids is 3. The van der Waals surface area contributed by atoms with Crippen molar-refractivity contribution < 1.29 is 36.0 Å². The predicted molar refractivity (Wildman–Crippen MR) is 92.3 cm³/mol. The van der Waals surface area contributed by atoms with E-state index in [1.807, 2.05) is 0 Å². The second-order valence-electron chi connectivity index (χ2n) is 6.82. The van der Waals surface area contributed by atoms with Gasteiger partial charge in [-0.25, -0.2) is 0 Å². The van der Waals surface area contributed by atoms with Crippen molar-refractivity contribution in [3.63, 3.8) is 0 Å². The van der Waals surface area contributed by atoms with Crippen LogP contribution in [0.4, 0.5) is 13.2 Å². The van der Waals surface area contributed by atoms with Crippen LogP contribution in [0.3, 0.4) is 0 Å². The van der Waals surface area contributed by atoms with Gasteiger partial charge in [-0.05, 0) is 24.1 Å². The molecule has 1 saturated heterocycles. The van der Waals surface area contributed by atoms with Gasteiger partial charge in [-0.15, -0.1) is 0 Å². The highest BCUT2D eigenvalue weighted by atomic mass is 32.2. The molecule has 4 rings (SSSR count). The Labute approximate surface area is 167 Å². The Hall–Kier alpha value is -3.22. The summed E-state index contributed by atoms with van der Waals surface area (Å²) in [7, 11) is -4.47. The third-order valence-corrected chi connectivity index (χ3v) is 6.47. The van der Waals surface area contributed by atoms with Gasteiger partial charge in [0.1, 0.15) is 6.04 Å². The van der Waals surface area contributed by atoms with E-state index in [0.717, 1.165) is 12.1 Å². The molecule has 3 amide bonds. The third kappa shape index (κ3) is 3.24. The van der Waals surface area contributed by atoms with Gasteiger partial charge in [0.2, 0.25) is 11.8 Å². The Balaban J connectivity index is 1.64. The molecule has 0 spiro atoms. The first-order valence-corrected chi connectivity index (χ1v) is 10.1. The van der Waals surface area contributed by atoms with Crippen molar-refractivity contribution in [2.45, 2.75) is 36.5 Å². The maximum atomic E-state index is 12.8. The maximum absolute atomic E-state index is 12.8. The van der Waals surface area contributed by atoms with E-state index in [9.17, 15) is 36.0 Å². The Morgan fingerprint density at radius 3 is 2.53 bits per heavy atom. The first-order chi connectivity index (χ1) is 14.0. The van der Waals surface area contributed by atoms with Gasteiger partial charge < -0.3 is 4.90 Å². The minimum Gasteiger partial charge on any atom is -0.322 e. The van der Waals surface area contributed by atoms with Crippen LogP contribution >= 0.6 is 0 Å². The highest BCUT2D eigenvalue weighted by Crippen LogP contribution is 2.31. The fourth-order valence-corrected chi connectivity index (χ4v) is 4.53. The first kappa shape index (κ1) is 20.1. The number of imide groups is 1. The largest absolute Gasteiger partial charge is 0.419 e. The number of hydrogen-bond donors (Lipinski definition) is 1. The van der Waals surface area contributed by atoms with E-state index in [0.29, 0.717) is 18.0 Å². The Kier molecular flexibility index (Phi) is 4.45. The van der Waals surface area contributed by atoms with Crippen molar-refractivity contribution in [2.24, 2.45) is 0 Å². The molecule has 2 aliphatic rings. The van der Waals surface area contributed by atoms with Crippen LogP contribution in [0.1, 0.15) is 34.3 Å². The minimum absolute atomic E-state index is 0.0176. The summed E-state index contributed by atoms with van der Waals surface area (Å²) in [5.74, 6) is -1.66. The van der Waals surface area contributed by atoms with E-state index in [1.54, 1.807) is 0 Å². The highest BCUT2D eigenvalue weighted by molar-refractivity contribution is 7.89. The molecule has 0 saturated carbocycles. The Morgan fingerprint density at radius 2 is 1.90 bits per heavy atom. The molecule has 158 valence electrons. The molecule has 2 aliphatic heterocycles. The quantitative estimate of drug-likeness (QED) is 0.706. The topological polar surface area (TPSA) is 118 Å². The van der Waals surface area contributed by atoms with Gasteiger partial charge in [0.05, 0.1) is 22.9 Å². The summed E-state index contributed by atoms with van der Waals surface area (Å²) in [6.07, 6.45) is -3.81. The van der Waals surface area contributed by atoms with Gasteiger partial charge in [0.25, 0.3) is 15.9 Å². The fraction of sp³-hybridized carbons (Fsp3) is 0.294. The fourth-order valence-electron chi connectivity index (χ4n) is 3.38. The molecule has 1 unspecified atom stereocenters. The number of amides is 3. The van der Waals surface area contributed by atoms with Crippen molar-refractivity contribution in [2.75, 3.05) is 0 Å². The van der Waals surface area contributed by atoms with Gasteiger partial charge >= 0.3 is 6.18 Å². The summed E-state index contributed by atoms with van der Waals surface area (Å²) in [6, 6.07) is 2.70. The molecule has 2 aromatic rings. The van der Waals surface area contributed by atoms with Crippen molar-refractivity contribution >= 4 is 27.7 Å². The van der Waals surface area contributed by atoms with Crippen LogP contribution in [-0.2, 0) is 32.3 Å². The monoisotopic (exact) mass is 442 g/mol. The molecule has 1 atom stereocenters. The number of fused-ring (bicyclic) bond motifs is 1. The van der Waals surface area contributed by atoms with Crippen molar-refractivity contribution in [3.8, 4) is 0 Å². The Morgan fingerprint density at radius 1 is 1.17 bits per heavy atom. The lowest BCUT2D eigenvalue weighted by Crippen LogP contribution is -2.52. The number of aromatic nitrogens is 2. The lowest BCUT2D eigenvalue weighted by molar-refractivity contribution is -0.138. The van der Waals surface area contributed by atoms with Gasteiger partial charge in [0.15, 0.2) is 0 Å². The van der Waals surface area contributed by atoms with Gasteiger partial charge in [-0.1, -0.05) is 6.07 Å². The summed E-state index contributed by atoms with van der Waals surface area (Å²) < 4.78 is 63.7. The summed E-state index contributed by atoms with van der Waals surface area (Å²) in [4.78, 5) is 36.9. The lowest BCUT2D eigenvalue weighted by Gasteiger charge is -2.29. The van der Waals surface area contributed by atoms with E-state index in [4.69, 9.17) is 0 Å². The van der Waals surface area contributed by atoms with Crippen molar-refractivity contribution in [3.05, 3.63) is 47.3 Å². The number of piperidine rings is 1. The number of benzene rings is 1. The van der Waals surface area contributed by atoms with E-state index in [-0.39, 0.29) is 29.0 Å². The van der Waals surface area contributed by atoms with E-state index in [2.05, 4.69) is 10.4 Å². The molecule has 0 radical (unpaired) electrons. The van der Waals surface area contributed by atoms with E-state index >= 15 is 0 Å². The molecule has 1 aromatic carbocycles. The van der Waals surface area contributed by atoms with Crippen LogP contribution in [0.25, 0.3) is 0 Å². The smallest absolute Gasteiger partial charge is 0.322 e. The van der Waals surface area contributed by atoms with Crippen LogP contribution < -0.4 is 5.32 Å². The van der Waals surface area contributed by atoms with E-state index < -0.39 is 50.4 Å². The minimum atomic E-state index is -4.76. The number of hydrogen-bond acceptors (Lipinski definition) is 6. The molecular weight excluding hydrogens is 429 g/mol. The molecular formula is C17H13F3N4O5S. The normalized spacial score (nSPS) is 19.8. The molecule has 3 heterocycles. The molecule has 30 heavy (non-hydrogen) atoms. The summed E-state index contributed by atoms with van der Waals surface area (Å²) >= 11 is 0. The summed E-state index contributed by atoms with van der Waals surface area (Å²) in [5.41, 5.74) is -0.753. The molecule has 9 nitrogen and oxygen atoms in total. The standard InChI is InChI=1S/C17H13F3N4O5S/c18-17(19,20)10-6-21-24(8-10)30(28,29)11-2-1-9-7-23(16(27)12(9)5-11)13-3-4-14(25)22-15(13)26/h1-2,5-6,8,13H,3-4,7H2,(H,22,25,26). The molecule has 1 fully saturated rings. The van der Waals surface area contributed by atoms with Crippen LogP contribution in [0.15, 0.2) is 35.5 Å². The van der Waals surface area contributed by atoms with E-state index in [1.165, 1.54) is 11.0 Å². The molecule has 0 aliphatic carbocycles. The average molecular weight is 442 g/mol. The van der Waals surface area contributed by atoms with Crippen molar-refractivity contribution in [1.29, 1.82) is 0 Å². The van der Waals surface area contributed by atoms with Gasteiger partial charge in [-0.3, -0.25) is 19.7 Å². The van der Waals surface area contributed by atoms with Gasteiger partial charge in [0, 0.05) is 18.5 Å². The number of carbonyl (C=O) groups is 3. The lowest BCUT2D eigenvalue weighted by atomic mass is 10.0. The zero-order chi connectivity index (χ0) is 21.8. The zero-order valence-corrected chi connectivity index (χ0v) is 15.8. The molecule has 13 heteroatoms. The van der Waals surface area contributed by atoms with Crippen molar-refractivity contribution in [1.82, 2.24) is 19.4 Å². The highest BCUT2D eigenvalue weighted by Gasteiger charge is 2.40. The average Bonchev–Trinajstić information content (AvgIpc) is 3.28. The molecule has 1 aromatic heterocycles. The number of nitrogens with one attached hydrogen (secondary N) is 1. The van der Waals surface area contributed by atoms with Crippen LogP contribution in [0.5, 0.6) is 0 Å². The zero-order valence-electron chi connectivity index (χ0n) is 15.0. The Bertz CT molecular complexity index is 1190. The molecule has 0 bridgehead atoms. The summed E-state index contributed by atoms with van der Waals surface area (Å²) in [6.45, 7) is 0.0424. The van der Waals surface area contributed by atoms with Crippen LogP contribution in [0.2, 0.25) is 0 Å². The SMILES string of the molecule is O=C1CCC(N2Cc3ccc(S(=O)(=O)n4cc(C(F)(F)F)cn4)cc3C2=O)C(=O)N1. The number of nitrogens with zero attached hydrogens (tertiary/aromatic N) is 3. The number of alkyl halides is 3. The third-order valence-electron chi connectivity index (χ3n) is 4.93. The van der Waals surface area contributed by atoms with Crippen LogP contribution in [-0.4, -0.2) is 46.3 Å². The first-order valence-electron chi connectivity index (χ1n) is 8.63. The molecule has 1 N–H and O–H groups in total. The van der Waals surface area contributed by atoms with Gasteiger partial charge in [-0.2, -0.15) is 30.8 Å². The maximum Gasteiger partial charge on any atom is 0.419 e. The van der Waals surface area contributed by atoms with Crippen LogP contribution in [0, 0.1) is 0 Å². The summed E-state index contributed by atoms with van der Waals surface area (Å²) in [5, 5.41) is 5.43. The number of rotatable bonds is 3. The second kappa shape index (κ2) is 6.65. The predicted octanol–water partition coefficient (Wildman–Crippen LogP) is 0.900. The second-order valence-corrected chi connectivity index (χ2v) is 8.62.